The minimum atomic E-state index is -0.0349. The number of hydrogen-bond acceptors (Lipinski definition) is 4. The molecule has 4 heteroatoms. The van der Waals surface area contributed by atoms with Gasteiger partial charge in [-0.15, -0.1) is 16.8 Å². The Kier molecular flexibility index (Phi) is 3.40. The molecular formula is C8H16N2OS. The van der Waals surface area contributed by atoms with Crippen LogP contribution in [0.15, 0.2) is 4.99 Å². The molecule has 0 aromatic rings. The van der Waals surface area contributed by atoms with Crippen molar-refractivity contribution in [2.24, 2.45) is 4.99 Å². The molecule has 0 N–H and O–H groups in total. The largest absolute Gasteiger partial charge is 0.393 e. The Morgan fingerprint density at radius 2 is 2.25 bits per heavy atom. The highest BCUT2D eigenvalue weighted by molar-refractivity contribution is 7.99. The second-order valence-electron chi connectivity index (χ2n) is 3.75. The fourth-order valence-corrected chi connectivity index (χ4v) is 1.58. The van der Waals surface area contributed by atoms with Gasteiger partial charge in [-0.05, 0) is 20.8 Å². The van der Waals surface area contributed by atoms with Crippen molar-refractivity contribution in [2.45, 2.75) is 26.3 Å². The second-order valence-corrected chi connectivity index (χ2v) is 4.83. The Labute approximate surface area is 78.1 Å². The van der Waals surface area contributed by atoms with Crippen LogP contribution < -0.4 is 0 Å². The van der Waals surface area contributed by atoms with Crippen molar-refractivity contribution in [1.29, 1.82) is 0 Å². The summed E-state index contributed by atoms with van der Waals surface area (Å²) in [7, 11) is 0. The van der Waals surface area contributed by atoms with E-state index < -0.39 is 0 Å². The zero-order valence-corrected chi connectivity index (χ0v) is 8.73. The molecule has 1 heterocycles. The van der Waals surface area contributed by atoms with Crippen LogP contribution in [0, 0.1) is 0 Å². The van der Waals surface area contributed by atoms with E-state index in [1.807, 2.05) is 37.6 Å². The Balaban J connectivity index is 2.20. The van der Waals surface area contributed by atoms with Gasteiger partial charge >= 0.3 is 0 Å². The molecule has 12 heavy (non-hydrogen) atoms. The normalized spacial score (nSPS) is 20.6. The SMILES string of the molecule is CC(C)(C)/N=C/ON1CCSC1. The van der Waals surface area contributed by atoms with Crippen LogP contribution in [0.4, 0.5) is 0 Å². The van der Waals surface area contributed by atoms with Crippen LogP contribution in [0.25, 0.3) is 0 Å². The average molecular weight is 188 g/mol. The summed E-state index contributed by atoms with van der Waals surface area (Å²) in [5.74, 6) is 2.11. The first-order chi connectivity index (χ1) is 5.58. The molecule has 0 bridgehead atoms. The first-order valence-electron chi connectivity index (χ1n) is 4.11. The molecular weight excluding hydrogens is 172 g/mol. The smallest absolute Gasteiger partial charge is 0.197 e. The molecule has 0 atom stereocenters. The molecule has 1 aliphatic rings. The molecule has 1 fully saturated rings. The van der Waals surface area contributed by atoms with Crippen LogP contribution in [0.2, 0.25) is 0 Å². The number of hydrogen-bond donors (Lipinski definition) is 0. The summed E-state index contributed by atoms with van der Waals surface area (Å²) in [4.78, 5) is 9.52. The van der Waals surface area contributed by atoms with E-state index in [0.29, 0.717) is 0 Å². The Bertz CT molecular complexity index is 159. The van der Waals surface area contributed by atoms with Crippen molar-refractivity contribution in [3.8, 4) is 0 Å². The number of rotatable bonds is 2. The van der Waals surface area contributed by atoms with Crippen molar-refractivity contribution in [2.75, 3.05) is 18.2 Å². The van der Waals surface area contributed by atoms with Gasteiger partial charge in [0, 0.05) is 12.3 Å². The molecule has 1 rings (SSSR count). The monoisotopic (exact) mass is 188 g/mol. The molecule has 0 spiro atoms. The van der Waals surface area contributed by atoms with Crippen molar-refractivity contribution < 1.29 is 4.84 Å². The molecule has 0 aromatic carbocycles. The highest BCUT2D eigenvalue weighted by Crippen LogP contribution is 2.12. The maximum Gasteiger partial charge on any atom is 0.197 e. The van der Waals surface area contributed by atoms with Crippen molar-refractivity contribution in [3.63, 3.8) is 0 Å². The standard InChI is InChI=1S/C8H16N2OS/c1-8(2,3)9-6-11-10-4-5-12-7-10/h6H,4-5,7H2,1-3H3/b9-6+. The van der Waals surface area contributed by atoms with Gasteiger partial charge < -0.3 is 4.84 Å². The first kappa shape index (κ1) is 9.86. The number of hydroxylamine groups is 2. The van der Waals surface area contributed by atoms with E-state index in [0.717, 1.165) is 18.2 Å². The number of thioether (sulfide) groups is 1. The van der Waals surface area contributed by atoms with Crippen LogP contribution in [0.5, 0.6) is 0 Å². The molecule has 0 aliphatic carbocycles. The topological polar surface area (TPSA) is 24.8 Å². The fourth-order valence-electron chi connectivity index (χ4n) is 0.729. The zero-order chi connectivity index (χ0) is 9.03. The maximum atomic E-state index is 5.30. The molecule has 1 aliphatic heterocycles. The Morgan fingerprint density at radius 1 is 1.50 bits per heavy atom. The molecule has 3 nitrogen and oxygen atoms in total. The molecule has 0 radical (unpaired) electrons. The predicted octanol–water partition coefficient (Wildman–Crippen LogP) is 1.75. The van der Waals surface area contributed by atoms with Crippen molar-refractivity contribution in [3.05, 3.63) is 0 Å². The highest BCUT2D eigenvalue weighted by Gasteiger charge is 2.12. The lowest BCUT2D eigenvalue weighted by Gasteiger charge is -2.14. The minimum absolute atomic E-state index is 0.0349. The van der Waals surface area contributed by atoms with Crippen molar-refractivity contribution >= 4 is 18.2 Å². The van der Waals surface area contributed by atoms with Crippen LogP contribution in [-0.4, -0.2) is 35.2 Å². The molecule has 70 valence electrons. The van der Waals surface area contributed by atoms with E-state index in [4.69, 9.17) is 4.84 Å². The van der Waals surface area contributed by atoms with Gasteiger partial charge in [-0.1, -0.05) is 0 Å². The summed E-state index contributed by atoms with van der Waals surface area (Å²) in [6, 6.07) is 0. The summed E-state index contributed by atoms with van der Waals surface area (Å²) >= 11 is 1.88. The van der Waals surface area contributed by atoms with Crippen LogP contribution in [0.3, 0.4) is 0 Å². The molecule has 0 unspecified atom stereocenters. The summed E-state index contributed by atoms with van der Waals surface area (Å²) in [6.07, 6.45) is 1.55. The Morgan fingerprint density at radius 3 is 2.75 bits per heavy atom. The van der Waals surface area contributed by atoms with Gasteiger partial charge in [-0.2, -0.15) is 0 Å². The van der Waals surface area contributed by atoms with E-state index >= 15 is 0 Å². The van der Waals surface area contributed by atoms with Gasteiger partial charge in [0.2, 0.25) is 0 Å². The lowest BCUT2D eigenvalue weighted by Crippen LogP contribution is -2.20. The highest BCUT2D eigenvalue weighted by atomic mass is 32.2. The minimum Gasteiger partial charge on any atom is -0.393 e. The van der Waals surface area contributed by atoms with E-state index in [-0.39, 0.29) is 5.54 Å². The lowest BCUT2D eigenvalue weighted by molar-refractivity contribution is -0.0347. The van der Waals surface area contributed by atoms with Crippen LogP contribution >= 0.6 is 11.8 Å². The molecule has 0 saturated carbocycles. The lowest BCUT2D eigenvalue weighted by atomic mass is 10.1. The third-order valence-electron chi connectivity index (χ3n) is 1.36. The van der Waals surface area contributed by atoms with E-state index in [1.165, 1.54) is 0 Å². The summed E-state index contributed by atoms with van der Waals surface area (Å²) in [5, 5.41) is 1.92. The first-order valence-corrected chi connectivity index (χ1v) is 5.26. The number of nitrogens with zero attached hydrogens (tertiary/aromatic N) is 2. The van der Waals surface area contributed by atoms with Gasteiger partial charge in [-0.3, -0.25) is 4.99 Å². The third kappa shape index (κ3) is 3.97. The van der Waals surface area contributed by atoms with E-state index in [1.54, 1.807) is 6.40 Å². The second kappa shape index (κ2) is 4.14. The van der Waals surface area contributed by atoms with E-state index in [9.17, 15) is 0 Å². The van der Waals surface area contributed by atoms with Crippen LogP contribution in [0.1, 0.15) is 20.8 Å². The molecule has 0 aromatic heterocycles. The van der Waals surface area contributed by atoms with Crippen LogP contribution in [-0.2, 0) is 4.84 Å². The number of aliphatic imine (C=N–C) groups is 1. The third-order valence-corrected chi connectivity index (χ3v) is 2.30. The predicted molar refractivity (Wildman–Crippen MR) is 53.4 cm³/mol. The van der Waals surface area contributed by atoms with E-state index in [2.05, 4.69) is 4.99 Å². The van der Waals surface area contributed by atoms with Gasteiger partial charge in [0.25, 0.3) is 0 Å². The summed E-state index contributed by atoms with van der Waals surface area (Å²) in [6.45, 7) is 7.14. The molecule has 1 saturated heterocycles. The van der Waals surface area contributed by atoms with Gasteiger partial charge in [0.15, 0.2) is 6.40 Å². The van der Waals surface area contributed by atoms with Gasteiger partial charge in [0.05, 0.1) is 11.4 Å². The maximum absolute atomic E-state index is 5.30. The summed E-state index contributed by atoms with van der Waals surface area (Å²) in [5.41, 5.74) is -0.0349. The zero-order valence-electron chi connectivity index (χ0n) is 7.91. The van der Waals surface area contributed by atoms with Crippen molar-refractivity contribution in [1.82, 2.24) is 5.06 Å². The quantitative estimate of drug-likeness (QED) is 0.487. The molecule has 0 amide bonds. The summed E-state index contributed by atoms with van der Waals surface area (Å²) < 4.78 is 0. The fraction of sp³-hybridized carbons (Fsp3) is 0.875. The van der Waals surface area contributed by atoms with Gasteiger partial charge in [-0.25, -0.2) is 0 Å². The Hall–Kier alpha value is -0.220. The van der Waals surface area contributed by atoms with Gasteiger partial charge in [0.1, 0.15) is 0 Å². The average Bonchev–Trinajstić information content (AvgIpc) is 2.36.